The molecule has 1 atom stereocenters. The fourth-order valence-corrected chi connectivity index (χ4v) is 5.05. The number of ketones is 1. The summed E-state index contributed by atoms with van der Waals surface area (Å²) in [6.07, 6.45) is 8.13. The van der Waals surface area contributed by atoms with Crippen molar-refractivity contribution in [2.75, 3.05) is 20.3 Å². The van der Waals surface area contributed by atoms with Gasteiger partial charge >= 0.3 is 0 Å². The Balaban J connectivity index is 1.80. The Hall–Kier alpha value is -2.24. The van der Waals surface area contributed by atoms with E-state index >= 15 is 0 Å². The van der Waals surface area contributed by atoms with Crippen molar-refractivity contribution in [3.63, 3.8) is 0 Å². The van der Waals surface area contributed by atoms with Crippen molar-refractivity contribution in [3.05, 3.63) is 51.3 Å². The van der Waals surface area contributed by atoms with Crippen molar-refractivity contribution in [2.45, 2.75) is 71.3 Å². The maximum atomic E-state index is 13.1. The molecule has 0 aromatic heterocycles. The second-order valence-electron chi connectivity index (χ2n) is 9.66. The summed E-state index contributed by atoms with van der Waals surface area (Å²) >= 11 is 6.80. The Morgan fingerprint density at radius 1 is 1.15 bits per heavy atom. The van der Waals surface area contributed by atoms with E-state index < -0.39 is 0 Å². The number of carbonyl (C=O) groups excluding carboxylic acids is 1. The van der Waals surface area contributed by atoms with Gasteiger partial charge in [0.1, 0.15) is 28.4 Å². The third-order valence-electron chi connectivity index (χ3n) is 6.87. The summed E-state index contributed by atoms with van der Waals surface area (Å²) in [6.45, 7) is 5.34. The molecule has 4 rings (SSSR count). The third kappa shape index (κ3) is 5.06. The summed E-state index contributed by atoms with van der Waals surface area (Å²) < 4.78 is 17.5. The van der Waals surface area contributed by atoms with Gasteiger partial charge in [-0.2, -0.15) is 0 Å². The van der Waals surface area contributed by atoms with Crippen LogP contribution < -0.4 is 9.47 Å². The van der Waals surface area contributed by atoms with Crippen LogP contribution in [0.1, 0.15) is 70.8 Å². The molecule has 1 heterocycles. The molecular weight excluding hydrogens is 452 g/mol. The van der Waals surface area contributed by atoms with E-state index in [2.05, 4.69) is 13.8 Å². The van der Waals surface area contributed by atoms with Gasteiger partial charge in [-0.25, -0.2) is 0 Å². The maximum absolute atomic E-state index is 13.1. The summed E-state index contributed by atoms with van der Waals surface area (Å²) in [4.78, 5) is 13.1. The number of hydrogen-bond donors (Lipinski definition) is 1. The molecule has 1 aromatic rings. The quantitative estimate of drug-likeness (QED) is 0.332. The minimum atomic E-state index is -0.274. The normalized spacial score (nSPS) is 20.4. The van der Waals surface area contributed by atoms with E-state index in [1.807, 2.05) is 18.2 Å². The number of benzene rings is 1. The van der Waals surface area contributed by atoms with E-state index in [1.54, 1.807) is 7.11 Å². The summed E-state index contributed by atoms with van der Waals surface area (Å²) in [5.41, 5.74) is 4.49. The van der Waals surface area contributed by atoms with Crippen LogP contribution in [0.3, 0.4) is 0 Å². The molecule has 1 aromatic carbocycles. The molecule has 0 bridgehead atoms. The van der Waals surface area contributed by atoms with Crippen LogP contribution in [0.15, 0.2) is 40.7 Å². The number of Topliss-reactive ketones (excluding diaryl/α,β-unsaturated/α-hetero) is 1. The third-order valence-corrected chi connectivity index (χ3v) is 7.23. The van der Waals surface area contributed by atoms with Gasteiger partial charge in [-0.3, -0.25) is 4.79 Å². The molecule has 0 radical (unpaired) electrons. The van der Waals surface area contributed by atoms with Crippen LogP contribution in [0, 0.1) is 5.92 Å². The fourth-order valence-electron chi connectivity index (χ4n) is 4.79. The van der Waals surface area contributed by atoms with E-state index in [1.165, 1.54) is 0 Å². The Bertz CT molecular complexity index is 1030. The molecule has 0 spiro atoms. The molecule has 0 amide bonds. The second kappa shape index (κ2) is 11.0. The van der Waals surface area contributed by atoms with Gasteiger partial charge in [0, 0.05) is 32.1 Å². The molecule has 1 N–H and O–H groups in total. The van der Waals surface area contributed by atoms with E-state index in [-0.39, 0.29) is 23.6 Å². The highest BCUT2D eigenvalue weighted by molar-refractivity contribution is 6.34. The number of aliphatic hydroxyl groups is 1. The number of allylic oxidation sites excluding steroid dienone is 3. The van der Waals surface area contributed by atoms with E-state index in [9.17, 15) is 9.90 Å². The van der Waals surface area contributed by atoms with E-state index in [0.717, 1.165) is 67.2 Å². The van der Waals surface area contributed by atoms with E-state index in [0.29, 0.717) is 41.7 Å². The average Bonchev–Trinajstić information content (AvgIpc) is 2.85. The minimum absolute atomic E-state index is 0.0109. The van der Waals surface area contributed by atoms with Gasteiger partial charge in [-0.1, -0.05) is 25.4 Å². The Morgan fingerprint density at radius 3 is 2.59 bits per heavy atom. The lowest BCUT2D eigenvalue weighted by atomic mass is 9.83. The van der Waals surface area contributed by atoms with Crippen LogP contribution in [0.2, 0.25) is 5.02 Å². The number of rotatable bonds is 7. The number of halogens is 1. The molecule has 1 unspecified atom stereocenters. The lowest BCUT2D eigenvalue weighted by Gasteiger charge is -2.34. The van der Waals surface area contributed by atoms with Gasteiger partial charge in [0.25, 0.3) is 0 Å². The van der Waals surface area contributed by atoms with Crippen LogP contribution in [-0.4, -0.2) is 37.3 Å². The Labute approximate surface area is 207 Å². The number of ether oxygens (including phenoxy) is 3. The Morgan fingerprint density at radius 2 is 1.91 bits per heavy atom. The van der Waals surface area contributed by atoms with Crippen LogP contribution in [0.5, 0.6) is 11.5 Å². The van der Waals surface area contributed by atoms with Crippen molar-refractivity contribution >= 4 is 23.0 Å². The smallest absolute Gasteiger partial charge is 0.166 e. The van der Waals surface area contributed by atoms with Crippen LogP contribution in [0.25, 0.3) is 5.57 Å². The monoisotopic (exact) mass is 486 g/mol. The largest absolute Gasteiger partial charge is 0.507 e. The first-order chi connectivity index (χ1) is 16.4. The van der Waals surface area contributed by atoms with Crippen molar-refractivity contribution in [2.24, 2.45) is 5.92 Å². The zero-order valence-corrected chi connectivity index (χ0v) is 21.2. The van der Waals surface area contributed by atoms with Crippen molar-refractivity contribution in [1.82, 2.24) is 0 Å². The maximum Gasteiger partial charge on any atom is 0.166 e. The molecule has 0 saturated heterocycles. The summed E-state index contributed by atoms with van der Waals surface area (Å²) in [5.74, 6) is 1.58. The first-order valence-electron chi connectivity index (χ1n) is 12.4. The van der Waals surface area contributed by atoms with Crippen LogP contribution in [0.4, 0.5) is 0 Å². The lowest BCUT2D eigenvalue weighted by Crippen LogP contribution is -2.30. The predicted octanol–water partition coefficient (Wildman–Crippen LogP) is 6.99. The number of carbonyl (C=O) groups is 1. The molecule has 1 aliphatic heterocycles. The summed E-state index contributed by atoms with van der Waals surface area (Å²) in [5, 5.41) is 11.4. The second-order valence-corrected chi connectivity index (χ2v) is 10.0. The van der Waals surface area contributed by atoms with E-state index in [4.69, 9.17) is 25.8 Å². The fraction of sp³-hybridized carbons (Fsp3) is 0.536. The van der Waals surface area contributed by atoms with Gasteiger partial charge in [-0.05, 0) is 79.4 Å². The number of hydrogen-bond acceptors (Lipinski definition) is 5. The van der Waals surface area contributed by atoms with Gasteiger partial charge in [0.05, 0.1) is 12.2 Å². The van der Waals surface area contributed by atoms with Gasteiger partial charge < -0.3 is 19.3 Å². The average molecular weight is 487 g/mol. The Kier molecular flexibility index (Phi) is 8.05. The van der Waals surface area contributed by atoms with Crippen molar-refractivity contribution < 1.29 is 24.1 Å². The standard InChI is InChI=1S/C28H35ClO5/c1-17(2)27-21-16-22(26(31)18-8-6-9-18)23(30)11-5-4-10-19(21)20-12-13-24(25(29)28(20)34-27)33-15-7-14-32-3/h12-13,16-17,27,31H,4-11,14-15H2,1-3H3. The molecule has 2 aliphatic carbocycles. The first kappa shape index (κ1) is 24.9. The highest BCUT2D eigenvalue weighted by atomic mass is 35.5. The molecular formula is C28H35ClO5. The highest BCUT2D eigenvalue weighted by Crippen LogP contribution is 2.48. The van der Waals surface area contributed by atoms with Crippen LogP contribution >= 0.6 is 11.6 Å². The molecule has 184 valence electrons. The molecule has 1 saturated carbocycles. The zero-order valence-electron chi connectivity index (χ0n) is 20.4. The van der Waals surface area contributed by atoms with Crippen LogP contribution in [-0.2, 0) is 9.53 Å². The predicted molar refractivity (Wildman–Crippen MR) is 135 cm³/mol. The van der Waals surface area contributed by atoms with Crippen molar-refractivity contribution in [3.8, 4) is 11.5 Å². The molecule has 3 aliphatic rings. The lowest BCUT2D eigenvalue weighted by molar-refractivity contribution is -0.115. The molecule has 1 fully saturated rings. The first-order valence-corrected chi connectivity index (χ1v) is 12.8. The number of fused-ring (bicyclic) bond motifs is 2. The SMILES string of the molecule is COCCCOc1ccc2c(c1Cl)OC(C(C)C)C1=C2CCCCC(=O)C(C(O)=C2CCC2)=C1. The van der Waals surface area contributed by atoms with Gasteiger partial charge in [0.15, 0.2) is 5.78 Å². The topological polar surface area (TPSA) is 65.0 Å². The molecule has 34 heavy (non-hydrogen) atoms. The number of aliphatic hydroxyl groups excluding tert-OH is 1. The summed E-state index contributed by atoms with van der Waals surface area (Å²) in [7, 11) is 1.67. The van der Waals surface area contributed by atoms with Gasteiger partial charge in [0.2, 0.25) is 0 Å². The summed E-state index contributed by atoms with van der Waals surface area (Å²) in [6, 6.07) is 3.91. The minimum Gasteiger partial charge on any atom is -0.507 e. The van der Waals surface area contributed by atoms with Gasteiger partial charge in [-0.15, -0.1) is 0 Å². The van der Waals surface area contributed by atoms with Crippen molar-refractivity contribution in [1.29, 1.82) is 0 Å². The zero-order chi connectivity index (χ0) is 24.2. The molecule has 5 nitrogen and oxygen atoms in total. The molecule has 6 heteroatoms. The highest BCUT2D eigenvalue weighted by Gasteiger charge is 2.34. The number of methoxy groups -OCH3 is 1.